The van der Waals surface area contributed by atoms with E-state index in [1.165, 1.54) is 11.4 Å². The van der Waals surface area contributed by atoms with E-state index >= 15 is 0 Å². The molecule has 0 bridgehead atoms. The van der Waals surface area contributed by atoms with Gasteiger partial charge in [-0.05, 0) is 27.2 Å². The SMILES string of the molecule is CCC/C=C(\NCC)SC1=NOC(C)(C)C1. The average Bonchev–Trinajstić information content (AvgIpc) is 2.55. The Kier molecular flexibility index (Phi) is 5.19. The van der Waals surface area contributed by atoms with Crippen LogP contribution in [-0.4, -0.2) is 17.2 Å². The number of thioether (sulfide) groups is 1. The van der Waals surface area contributed by atoms with E-state index in [0.717, 1.165) is 24.4 Å². The van der Waals surface area contributed by atoms with E-state index in [0.29, 0.717) is 0 Å². The highest BCUT2D eigenvalue weighted by Crippen LogP contribution is 2.30. The summed E-state index contributed by atoms with van der Waals surface area (Å²) in [5.74, 6) is 0. The Bertz CT molecular complexity index is 285. The Morgan fingerprint density at radius 1 is 1.56 bits per heavy atom. The van der Waals surface area contributed by atoms with Gasteiger partial charge in [-0.15, -0.1) is 0 Å². The molecule has 1 N–H and O–H groups in total. The molecule has 0 amide bonds. The van der Waals surface area contributed by atoms with Crippen molar-refractivity contribution in [1.29, 1.82) is 0 Å². The Hall–Kier alpha value is -0.640. The molecule has 0 saturated heterocycles. The first-order valence-electron chi connectivity index (χ1n) is 5.94. The molecular weight excluding hydrogens is 220 g/mol. The predicted octanol–water partition coefficient (Wildman–Crippen LogP) is 3.48. The molecule has 0 atom stereocenters. The number of hydrogen-bond donors (Lipinski definition) is 1. The topological polar surface area (TPSA) is 33.6 Å². The molecule has 0 aromatic rings. The lowest BCUT2D eigenvalue weighted by Crippen LogP contribution is -2.18. The summed E-state index contributed by atoms with van der Waals surface area (Å²) in [5.41, 5.74) is -0.135. The fourth-order valence-electron chi connectivity index (χ4n) is 1.38. The first-order valence-corrected chi connectivity index (χ1v) is 6.76. The molecule has 1 aliphatic heterocycles. The molecule has 1 rings (SSSR count). The number of hydrogen-bond acceptors (Lipinski definition) is 4. The molecule has 0 radical (unpaired) electrons. The molecule has 0 spiro atoms. The maximum atomic E-state index is 5.35. The van der Waals surface area contributed by atoms with E-state index in [4.69, 9.17) is 4.84 Å². The van der Waals surface area contributed by atoms with Gasteiger partial charge in [-0.25, -0.2) is 0 Å². The van der Waals surface area contributed by atoms with E-state index in [-0.39, 0.29) is 5.60 Å². The van der Waals surface area contributed by atoms with Gasteiger partial charge in [0, 0.05) is 13.0 Å². The normalized spacial score (nSPS) is 19.2. The van der Waals surface area contributed by atoms with E-state index in [1.807, 2.05) is 0 Å². The molecule has 0 unspecified atom stereocenters. The van der Waals surface area contributed by atoms with Crippen LogP contribution >= 0.6 is 11.8 Å². The summed E-state index contributed by atoms with van der Waals surface area (Å²) in [6.07, 6.45) is 5.41. The van der Waals surface area contributed by atoms with Gasteiger partial charge in [-0.1, -0.05) is 36.3 Å². The largest absolute Gasteiger partial charge is 0.389 e. The molecule has 0 saturated carbocycles. The monoisotopic (exact) mass is 242 g/mol. The third-order valence-corrected chi connectivity index (χ3v) is 3.15. The third-order valence-electron chi connectivity index (χ3n) is 2.17. The molecule has 4 heteroatoms. The van der Waals surface area contributed by atoms with E-state index in [2.05, 4.69) is 44.2 Å². The molecule has 16 heavy (non-hydrogen) atoms. The summed E-state index contributed by atoms with van der Waals surface area (Å²) in [6.45, 7) is 9.36. The Morgan fingerprint density at radius 2 is 2.31 bits per heavy atom. The molecule has 92 valence electrons. The lowest BCUT2D eigenvalue weighted by Gasteiger charge is -2.13. The molecule has 0 aromatic heterocycles. The number of oxime groups is 1. The van der Waals surface area contributed by atoms with Gasteiger partial charge in [-0.3, -0.25) is 0 Å². The van der Waals surface area contributed by atoms with Gasteiger partial charge in [0.1, 0.15) is 10.6 Å². The zero-order valence-corrected chi connectivity index (χ0v) is 11.5. The summed E-state index contributed by atoms with van der Waals surface area (Å²) in [5, 5.41) is 9.74. The van der Waals surface area contributed by atoms with Crippen LogP contribution in [0.25, 0.3) is 0 Å². The quantitative estimate of drug-likeness (QED) is 0.801. The van der Waals surface area contributed by atoms with Crippen LogP contribution in [0.4, 0.5) is 0 Å². The van der Waals surface area contributed by atoms with Gasteiger partial charge in [0.25, 0.3) is 0 Å². The van der Waals surface area contributed by atoms with Crippen LogP contribution in [0.1, 0.15) is 47.0 Å². The molecule has 0 aromatic carbocycles. The Balaban J connectivity index is 2.50. The van der Waals surface area contributed by atoms with Crippen LogP contribution in [0.5, 0.6) is 0 Å². The first kappa shape index (κ1) is 13.4. The molecule has 0 aliphatic carbocycles. The molecule has 3 nitrogen and oxygen atoms in total. The van der Waals surface area contributed by atoms with Crippen molar-refractivity contribution >= 4 is 16.8 Å². The maximum absolute atomic E-state index is 5.35. The van der Waals surface area contributed by atoms with Crippen molar-refractivity contribution in [2.24, 2.45) is 5.16 Å². The molecular formula is C12H22N2OS. The van der Waals surface area contributed by atoms with Gasteiger partial charge in [0.2, 0.25) is 0 Å². The van der Waals surface area contributed by atoms with Crippen molar-refractivity contribution in [3.05, 3.63) is 11.1 Å². The van der Waals surface area contributed by atoms with E-state index in [9.17, 15) is 0 Å². The van der Waals surface area contributed by atoms with Gasteiger partial charge >= 0.3 is 0 Å². The van der Waals surface area contributed by atoms with Crippen molar-refractivity contribution in [1.82, 2.24) is 5.32 Å². The van der Waals surface area contributed by atoms with Crippen LogP contribution in [0.2, 0.25) is 0 Å². The van der Waals surface area contributed by atoms with Crippen LogP contribution < -0.4 is 5.32 Å². The van der Waals surface area contributed by atoms with Gasteiger partial charge in [0.15, 0.2) is 0 Å². The molecule has 0 fully saturated rings. The molecule has 1 heterocycles. The number of allylic oxidation sites excluding steroid dienone is 1. The predicted molar refractivity (Wildman–Crippen MR) is 71.5 cm³/mol. The fraction of sp³-hybridized carbons (Fsp3) is 0.750. The smallest absolute Gasteiger partial charge is 0.138 e. The fourth-order valence-corrected chi connectivity index (χ4v) is 2.55. The average molecular weight is 242 g/mol. The standard InChI is InChI=1S/C12H22N2OS/c1-5-7-8-10(13-6-2)16-11-9-12(3,4)15-14-11/h8,13H,5-7,9H2,1-4H3/b10-8+. The zero-order chi connectivity index (χ0) is 12.0. The van der Waals surface area contributed by atoms with Crippen molar-refractivity contribution in [2.75, 3.05) is 6.54 Å². The maximum Gasteiger partial charge on any atom is 0.138 e. The molecule has 1 aliphatic rings. The van der Waals surface area contributed by atoms with E-state index < -0.39 is 0 Å². The van der Waals surface area contributed by atoms with Crippen molar-refractivity contribution in [3.63, 3.8) is 0 Å². The summed E-state index contributed by atoms with van der Waals surface area (Å²) < 4.78 is 0. The summed E-state index contributed by atoms with van der Waals surface area (Å²) >= 11 is 1.69. The van der Waals surface area contributed by atoms with Crippen LogP contribution in [0, 0.1) is 0 Å². The second-order valence-electron chi connectivity index (χ2n) is 4.50. The highest BCUT2D eigenvalue weighted by atomic mass is 32.2. The second kappa shape index (κ2) is 6.18. The number of nitrogens with one attached hydrogen (secondary N) is 1. The van der Waals surface area contributed by atoms with Crippen molar-refractivity contribution < 1.29 is 4.84 Å². The first-order chi connectivity index (χ1) is 7.57. The van der Waals surface area contributed by atoms with E-state index in [1.54, 1.807) is 11.8 Å². The second-order valence-corrected chi connectivity index (χ2v) is 5.62. The summed E-state index contributed by atoms with van der Waals surface area (Å²) in [6, 6.07) is 0. The van der Waals surface area contributed by atoms with Crippen LogP contribution in [-0.2, 0) is 4.84 Å². The minimum atomic E-state index is -0.135. The van der Waals surface area contributed by atoms with Gasteiger partial charge in [-0.2, -0.15) is 0 Å². The van der Waals surface area contributed by atoms with Gasteiger partial charge in [0.05, 0.1) is 5.03 Å². The van der Waals surface area contributed by atoms with Gasteiger partial charge < -0.3 is 10.2 Å². The highest BCUT2D eigenvalue weighted by molar-refractivity contribution is 8.17. The lowest BCUT2D eigenvalue weighted by molar-refractivity contribution is 0.0123. The van der Waals surface area contributed by atoms with Crippen molar-refractivity contribution in [3.8, 4) is 0 Å². The summed E-state index contributed by atoms with van der Waals surface area (Å²) in [4.78, 5) is 5.35. The number of rotatable bonds is 5. The highest BCUT2D eigenvalue weighted by Gasteiger charge is 2.29. The number of unbranched alkanes of at least 4 members (excludes halogenated alkanes) is 1. The van der Waals surface area contributed by atoms with Crippen LogP contribution in [0.3, 0.4) is 0 Å². The lowest BCUT2D eigenvalue weighted by atomic mass is 10.1. The van der Waals surface area contributed by atoms with Crippen molar-refractivity contribution in [2.45, 2.75) is 52.6 Å². The zero-order valence-electron chi connectivity index (χ0n) is 10.7. The third kappa shape index (κ3) is 4.47. The minimum Gasteiger partial charge on any atom is -0.389 e. The Labute approximate surface area is 103 Å². The minimum absolute atomic E-state index is 0.135. The number of nitrogens with zero attached hydrogens (tertiary/aromatic N) is 1. The summed E-state index contributed by atoms with van der Waals surface area (Å²) in [7, 11) is 0. The van der Waals surface area contributed by atoms with Crippen LogP contribution in [0.15, 0.2) is 16.3 Å². The Morgan fingerprint density at radius 3 is 2.81 bits per heavy atom.